The van der Waals surface area contributed by atoms with Crippen molar-refractivity contribution in [2.24, 2.45) is 0 Å². The van der Waals surface area contributed by atoms with Gasteiger partial charge in [0.05, 0.1) is 0 Å². The molecule has 26 heavy (non-hydrogen) atoms. The highest BCUT2D eigenvalue weighted by atomic mass is 15.0. The van der Waals surface area contributed by atoms with Gasteiger partial charge in [-0.15, -0.1) is 0 Å². The molecule has 3 aromatic carbocycles. The van der Waals surface area contributed by atoms with E-state index in [1.807, 2.05) is 0 Å². The third kappa shape index (κ3) is 3.31. The summed E-state index contributed by atoms with van der Waals surface area (Å²) in [6, 6.07) is 21.6. The first-order valence-electron chi connectivity index (χ1n) is 9.12. The summed E-state index contributed by atoms with van der Waals surface area (Å²) in [5, 5.41) is 6.16. The Balaban J connectivity index is 1.83. The maximum Gasteiger partial charge on any atom is 0.0499 e. The summed E-state index contributed by atoms with van der Waals surface area (Å²) in [5.74, 6) is 0. The van der Waals surface area contributed by atoms with Crippen molar-refractivity contribution in [3.8, 4) is 0 Å². The second-order valence-corrected chi connectivity index (χ2v) is 7.28. The minimum absolute atomic E-state index is 1.01. The Hall–Kier alpha value is -2.78. The second-order valence-electron chi connectivity index (χ2n) is 7.28. The lowest BCUT2D eigenvalue weighted by Gasteiger charge is -2.13. The predicted octanol–water partition coefficient (Wildman–Crippen LogP) is 5.48. The van der Waals surface area contributed by atoms with Crippen LogP contribution in [-0.4, -0.2) is 30.5 Å². The van der Waals surface area contributed by atoms with E-state index in [0.29, 0.717) is 0 Å². The smallest absolute Gasteiger partial charge is 0.0499 e. The van der Waals surface area contributed by atoms with Gasteiger partial charge in [-0.2, -0.15) is 0 Å². The van der Waals surface area contributed by atoms with E-state index in [0.717, 1.165) is 24.3 Å². The van der Waals surface area contributed by atoms with Gasteiger partial charge in [-0.1, -0.05) is 30.3 Å². The largest absolute Gasteiger partial charge is 0.355 e. The van der Waals surface area contributed by atoms with E-state index in [1.165, 1.54) is 32.9 Å². The van der Waals surface area contributed by atoms with Crippen molar-refractivity contribution in [1.29, 1.82) is 0 Å². The number of nitrogens with one attached hydrogen (secondary N) is 2. The molecular weight excluding hydrogens is 318 g/mol. The van der Waals surface area contributed by atoms with Gasteiger partial charge in [-0.25, -0.2) is 0 Å². The van der Waals surface area contributed by atoms with Gasteiger partial charge in [0.15, 0.2) is 0 Å². The number of aromatic nitrogens is 1. The number of aryl methyl sites for hydroxylation is 1. The Labute approximate surface area is 154 Å². The highest BCUT2D eigenvalue weighted by Crippen LogP contribution is 2.32. The van der Waals surface area contributed by atoms with Crippen molar-refractivity contribution in [3.63, 3.8) is 0 Å². The van der Waals surface area contributed by atoms with E-state index in [2.05, 4.69) is 96.9 Å². The molecule has 3 heteroatoms. The maximum atomic E-state index is 3.62. The number of H-pyrrole nitrogens is 1. The van der Waals surface area contributed by atoms with Gasteiger partial charge in [-0.3, -0.25) is 0 Å². The van der Waals surface area contributed by atoms with E-state index in [-0.39, 0.29) is 0 Å². The molecule has 0 unspecified atom stereocenters. The fraction of sp³-hybridized carbons (Fsp3) is 0.217. The van der Waals surface area contributed by atoms with Crippen molar-refractivity contribution in [3.05, 3.63) is 71.8 Å². The summed E-state index contributed by atoms with van der Waals surface area (Å²) >= 11 is 0. The Morgan fingerprint density at radius 2 is 1.73 bits per heavy atom. The number of hydrogen-bond acceptors (Lipinski definition) is 2. The zero-order valence-electron chi connectivity index (χ0n) is 15.6. The number of benzene rings is 3. The van der Waals surface area contributed by atoms with E-state index in [9.17, 15) is 0 Å². The van der Waals surface area contributed by atoms with Crippen molar-refractivity contribution in [1.82, 2.24) is 9.88 Å². The maximum absolute atomic E-state index is 3.62. The molecule has 1 aromatic heterocycles. The number of fused-ring (bicyclic) bond motifs is 3. The zero-order chi connectivity index (χ0) is 18.1. The molecule has 0 aliphatic rings. The SMILES string of the molecule is Cc1cccc(Nc2cc(CCN(C)C)c3[nH]c4ccccc4c3c2)c1. The number of rotatable bonds is 5. The summed E-state index contributed by atoms with van der Waals surface area (Å²) in [6.45, 7) is 3.15. The summed E-state index contributed by atoms with van der Waals surface area (Å²) in [5.41, 5.74) is 7.33. The lowest BCUT2D eigenvalue weighted by molar-refractivity contribution is 0.414. The van der Waals surface area contributed by atoms with Crippen LogP contribution < -0.4 is 5.32 Å². The molecule has 0 amide bonds. The molecule has 4 rings (SSSR count). The molecule has 0 saturated heterocycles. The van der Waals surface area contributed by atoms with Crippen LogP contribution in [0.5, 0.6) is 0 Å². The first-order valence-corrected chi connectivity index (χ1v) is 9.12. The topological polar surface area (TPSA) is 31.1 Å². The third-order valence-corrected chi connectivity index (χ3v) is 4.83. The fourth-order valence-corrected chi connectivity index (χ4v) is 3.53. The van der Waals surface area contributed by atoms with Gasteiger partial charge in [0.25, 0.3) is 0 Å². The molecule has 0 bridgehead atoms. The van der Waals surface area contributed by atoms with Crippen molar-refractivity contribution in [2.45, 2.75) is 13.3 Å². The van der Waals surface area contributed by atoms with Crippen LogP contribution in [-0.2, 0) is 6.42 Å². The summed E-state index contributed by atoms with van der Waals surface area (Å²) in [7, 11) is 4.24. The molecule has 132 valence electrons. The van der Waals surface area contributed by atoms with Crippen LogP contribution in [0.1, 0.15) is 11.1 Å². The number of anilines is 2. The van der Waals surface area contributed by atoms with Gasteiger partial charge >= 0.3 is 0 Å². The standard InChI is InChI=1S/C23H25N3/c1-16-7-6-8-18(13-16)24-19-14-17(11-12-26(2)3)23-21(15-19)20-9-4-5-10-22(20)25-23/h4-10,13-15,24-25H,11-12H2,1-3H3. The van der Waals surface area contributed by atoms with E-state index in [1.54, 1.807) is 0 Å². The van der Waals surface area contributed by atoms with Crippen molar-refractivity contribution in [2.75, 3.05) is 26.0 Å². The molecule has 1 heterocycles. The minimum atomic E-state index is 1.01. The quantitative estimate of drug-likeness (QED) is 0.503. The minimum Gasteiger partial charge on any atom is -0.355 e. The Bertz CT molecular complexity index is 1060. The molecule has 2 N–H and O–H groups in total. The van der Waals surface area contributed by atoms with E-state index >= 15 is 0 Å². The number of hydrogen-bond donors (Lipinski definition) is 2. The van der Waals surface area contributed by atoms with Gasteiger partial charge in [-0.05, 0) is 68.9 Å². The third-order valence-electron chi connectivity index (χ3n) is 4.83. The monoisotopic (exact) mass is 343 g/mol. The van der Waals surface area contributed by atoms with Crippen molar-refractivity contribution >= 4 is 33.2 Å². The summed E-state index contributed by atoms with van der Waals surface area (Å²) < 4.78 is 0. The lowest BCUT2D eigenvalue weighted by Crippen LogP contribution is -2.15. The highest BCUT2D eigenvalue weighted by molar-refractivity contribution is 6.09. The van der Waals surface area contributed by atoms with Gasteiger partial charge in [0, 0.05) is 39.7 Å². The van der Waals surface area contributed by atoms with E-state index in [4.69, 9.17) is 0 Å². The Kier molecular flexibility index (Phi) is 4.39. The van der Waals surface area contributed by atoms with Crippen LogP contribution in [0.3, 0.4) is 0 Å². The lowest BCUT2D eigenvalue weighted by atomic mass is 10.0. The van der Waals surface area contributed by atoms with Crippen LogP contribution in [0.15, 0.2) is 60.7 Å². The fourth-order valence-electron chi connectivity index (χ4n) is 3.53. The molecule has 0 aliphatic heterocycles. The zero-order valence-corrected chi connectivity index (χ0v) is 15.6. The first-order chi connectivity index (χ1) is 12.6. The molecule has 0 atom stereocenters. The average molecular weight is 343 g/mol. The van der Waals surface area contributed by atoms with Gasteiger partial charge in [0.1, 0.15) is 0 Å². The molecule has 0 radical (unpaired) electrons. The second kappa shape index (κ2) is 6.85. The van der Waals surface area contributed by atoms with Crippen LogP contribution >= 0.6 is 0 Å². The number of likely N-dealkylation sites (N-methyl/N-ethyl adjacent to an activating group) is 1. The average Bonchev–Trinajstić information content (AvgIpc) is 2.98. The molecule has 0 aliphatic carbocycles. The van der Waals surface area contributed by atoms with Crippen LogP contribution in [0.4, 0.5) is 11.4 Å². The van der Waals surface area contributed by atoms with Crippen LogP contribution in [0.2, 0.25) is 0 Å². The normalized spacial score (nSPS) is 11.5. The molecule has 0 fully saturated rings. The summed E-state index contributed by atoms with van der Waals surface area (Å²) in [4.78, 5) is 5.86. The predicted molar refractivity (Wildman–Crippen MR) is 113 cm³/mol. The molecular formula is C23H25N3. The number of para-hydroxylation sites is 1. The van der Waals surface area contributed by atoms with Crippen LogP contribution in [0, 0.1) is 6.92 Å². The van der Waals surface area contributed by atoms with Gasteiger partial charge in [0.2, 0.25) is 0 Å². The van der Waals surface area contributed by atoms with Gasteiger partial charge < -0.3 is 15.2 Å². The highest BCUT2D eigenvalue weighted by Gasteiger charge is 2.11. The Morgan fingerprint density at radius 3 is 2.54 bits per heavy atom. The molecule has 0 spiro atoms. The first kappa shape index (κ1) is 16.7. The molecule has 3 nitrogen and oxygen atoms in total. The van der Waals surface area contributed by atoms with E-state index < -0.39 is 0 Å². The summed E-state index contributed by atoms with van der Waals surface area (Å²) in [6.07, 6.45) is 1.01. The molecule has 4 aromatic rings. The Morgan fingerprint density at radius 1 is 0.885 bits per heavy atom. The van der Waals surface area contributed by atoms with Crippen molar-refractivity contribution < 1.29 is 0 Å². The van der Waals surface area contributed by atoms with Crippen LogP contribution in [0.25, 0.3) is 21.8 Å². The number of nitrogens with zero attached hydrogens (tertiary/aromatic N) is 1. The molecule has 0 saturated carbocycles. The number of aromatic amines is 1.